The van der Waals surface area contributed by atoms with Crippen LogP contribution in [0, 0.1) is 0 Å². The highest BCUT2D eigenvalue weighted by atomic mass is 35.5. The molecule has 5 rings (SSSR count). The van der Waals surface area contributed by atoms with Gasteiger partial charge in [-0.1, -0.05) is 17.7 Å². The van der Waals surface area contributed by atoms with Crippen LogP contribution in [0.3, 0.4) is 0 Å². The lowest BCUT2D eigenvalue weighted by Crippen LogP contribution is -2.12. The largest absolute Gasteiger partial charge is 0.493 e. The fourth-order valence-electron chi connectivity index (χ4n) is 3.35. The molecule has 2 aliphatic rings. The molecule has 0 radical (unpaired) electrons. The summed E-state index contributed by atoms with van der Waals surface area (Å²) in [6.45, 7) is 0.704. The number of ether oxygens (including phenoxy) is 1. The predicted octanol–water partition coefficient (Wildman–Crippen LogP) is 3.98. The van der Waals surface area contributed by atoms with Gasteiger partial charge in [0, 0.05) is 16.5 Å². The molecule has 128 valence electrons. The smallest absolute Gasteiger partial charge is 0.178 e. The van der Waals surface area contributed by atoms with Gasteiger partial charge in [0.2, 0.25) is 0 Å². The van der Waals surface area contributed by atoms with Crippen molar-refractivity contribution in [3.8, 4) is 5.75 Å². The Morgan fingerprint density at radius 3 is 2.92 bits per heavy atom. The van der Waals surface area contributed by atoms with Gasteiger partial charge in [-0.25, -0.2) is 0 Å². The second kappa shape index (κ2) is 5.88. The van der Waals surface area contributed by atoms with Gasteiger partial charge in [0.15, 0.2) is 11.5 Å². The Kier molecular flexibility index (Phi) is 3.52. The molecule has 1 N–H and O–H groups in total. The average Bonchev–Trinajstić information content (AvgIpc) is 3.40. The Morgan fingerprint density at radius 2 is 2.04 bits per heavy atom. The number of nitrogens with one attached hydrogen (secondary N) is 1. The van der Waals surface area contributed by atoms with Gasteiger partial charge < -0.3 is 10.1 Å². The Balaban J connectivity index is 1.48. The lowest BCUT2D eigenvalue weighted by atomic mass is 10.0. The lowest BCUT2D eigenvalue weighted by molar-refractivity contribution is 0.316. The average molecular weight is 356 g/mol. The summed E-state index contributed by atoms with van der Waals surface area (Å²) < 4.78 is 7.71. The number of hydrogen-bond donors (Lipinski definition) is 1. The number of fused-ring (bicyclic) bond motifs is 2. The second-order valence-corrected chi connectivity index (χ2v) is 7.13. The highest BCUT2D eigenvalue weighted by molar-refractivity contribution is 6.30. The van der Waals surface area contributed by atoms with Gasteiger partial charge in [0.25, 0.3) is 0 Å². The molecular formula is C18H18ClN5O. The summed E-state index contributed by atoms with van der Waals surface area (Å²) >= 11 is 6.11. The van der Waals surface area contributed by atoms with Crippen LogP contribution in [0.1, 0.15) is 49.0 Å². The third-order valence-corrected chi connectivity index (χ3v) is 5.03. The zero-order valence-electron chi connectivity index (χ0n) is 13.7. The molecule has 1 atom stereocenters. The van der Waals surface area contributed by atoms with E-state index in [1.54, 1.807) is 0 Å². The highest BCUT2D eigenvalue weighted by Crippen LogP contribution is 2.39. The van der Waals surface area contributed by atoms with Gasteiger partial charge in [0.1, 0.15) is 11.6 Å². The topological polar surface area (TPSA) is 64.3 Å². The predicted molar refractivity (Wildman–Crippen MR) is 95.3 cm³/mol. The second-order valence-electron chi connectivity index (χ2n) is 6.69. The van der Waals surface area contributed by atoms with Crippen molar-refractivity contribution in [3.63, 3.8) is 0 Å². The Morgan fingerprint density at radius 1 is 1.12 bits per heavy atom. The van der Waals surface area contributed by atoms with Crippen LogP contribution in [-0.4, -0.2) is 26.4 Å². The maximum absolute atomic E-state index is 6.11. The molecule has 3 aromatic rings. The first-order valence-electron chi connectivity index (χ1n) is 8.69. The minimum atomic E-state index is 0.139. The first-order chi connectivity index (χ1) is 12.3. The van der Waals surface area contributed by atoms with E-state index in [0.29, 0.717) is 17.5 Å². The summed E-state index contributed by atoms with van der Waals surface area (Å²) in [5.74, 6) is 3.15. The zero-order valence-corrected chi connectivity index (χ0v) is 14.4. The van der Waals surface area contributed by atoms with E-state index in [4.69, 9.17) is 21.4 Å². The number of anilines is 1. The summed E-state index contributed by atoms with van der Waals surface area (Å²) in [4.78, 5) is 0. The monoisotopic (exact) mass is 355 g/mol. The van der Waals surface area contributed by atoms with E-state index in [2.05, 4.69) is 15.5 Å². The molecule has 1 fully saturated rings. The summed E-state index contributed by atoms with van der Waals surface area (Å²) in [6, 6.07) is 9.89. The molecule has 25 heavy (non-hydrogen) atoms. The van der Waals surface area contributed by atoms with Gasteiger partial charge in [-0.3, -0.25) is 0 Å². The summed E-state index contributed by atoms with van der Waals surface area (Å²) in [6.07, 6.45) is 4.31. The highest BCUT2D eigenvalue weighted by Gasteiger charge is 2.29. The van der Waals surface area contributed by atoms with Gasteiger partial charge in [0.05, 0.1) is 12.6 Å². The van der Waals surface area contributed by atoms with E-state index in [-0.39, 0.29) is 6.04 Å². The van der Waals surface area contributed by atoms with Crippen LogP contribution in [0.2, 0.25) is 5.02 Å². The minimum Gasteiger partial charge on any atom is -0.493 e. The molecule has 1 aliphatic heterocycles. The van der Waals surface area contributed by atoms with Crippen molar-refractivity contribution in [1.82, 2.24) is 19.8 Å². The van der Waals surface area contributed by atoms with Crippen molar-refractivity contribution in [2.24, 2.45) is 0 Å². The fourth-order valence-corrected chi connectivity index (χ4v) is 3.52. The van der Waals surface area contributed by atoms with Crippen molar-refractivity contribution in [3.05, 3.63) is 46.7 Å². The van der Waals surface area contributed by atoms with E-state index in [1.165, 1.54) is 12.8 Å². The molecule has 0 spiro atoms. The van der Waals surface area contributed by atoms with Crippen LogP contribution in [0.4, 0.5) is 5.82 Å². The number of rotatable bonds is 3. The molecule has 2 aromatic heterocycles. The number of benzene rings is 1. The molecule has 3 heterocycles. The maximum Gasteiger partial charge on any atom is 0.178 e. The van der Waals surface area contributed by atoms with Crippen LogP contribution in [0.25, 0.3) is 5.65 Å². The summed E-state index contributed by atoms with van der Waals surface area (Å²) in [5, 5.41) is 17.5. The molecule has 0 saturated heterocycles. The maximum atomic E-state index is 6.11. The van der Waals surface area contributed by atoms with E-state index in [0.717, 1.165) is 41.4 Å². The molecule has 1 aromatic carbocycles. The zero-order chi connectivity index (χ0) is 16.8. The van der Waals surface area contributed by atoms with Crippen LogP contribution >= 0.6 is 11.6 Å². The standard InChI is InChI=1S/C18H18ClN5O/c19-12-5-6-13-14(2-1-9-25-15(13)10-12)20-16-7-8-17-21-22-18(11-3-4-11)24(17)23-16/h5-8,10-11,14H,1-4,9H2,(H,20,23). The van der Waals surface area contributed by atoms with E-state index >= 15 is 0 Å². The lowest BCUT2D eigenvalue weighted by Gasteiger charge is -2.19. The first-order valence-corrected chi connectivity index (χ1v) is 9.07. The van der Waals surface area contributed by atoms with Gasteiger partial charge in [-0.05, 0) is 49.9 Å². The van der Waals surface area contributed by atoms with Gasteiger partial charge >= 0.3 is 0 Å². The number of halogens is 1. The minimum absolute atomic E-state index is 0.139. The van der Waals surface area contributed by atoms with E-state index in [1.807, 2.05) is 34.8 Å². The Labute approximate surface area is 150 Å². The molecule has 1 saturated carbocycles. The number of hydrogen-bond acceptors (Lipinski definition) is 5. The SMILES string of the molecule is Clc1ccc2c(c1)OCCCC2Nc1ccc2nnc(C3CC3)n2n1. The van der Waals surface area contributed by atoms with Crippen molar-refractivity contribution in [2.75, 3.05) is 11.9 Å². The van der Waals surface area contributed by atoms with Gasteiger partial charge in [-0.15, -0.1) is 15.3 Å². The number of aromatic nitrogens is 4. The molecule has 6 nitrogen and oxygen atoms in total. The van der Waals surface area contributed by atoms with Crippen LogP contribution < -0.4 is 10.1 Å². The van der Waals surface area contributed by atoms with E-state index in [9.17, 15) is 0 Å². The van der Waals surface area contributed by atoms with Crippen molar-refractivity contribution in [2.45, 2.75) is 37.6 Å². The molecule has 1 aliphatic carbocycles. The molecule has 0 amide bonds. The molecule has 0 bridgehead atoms. The van der Waals surface area contributed by atoms with Crippen LogP contribution in [0.5, 0.6) is 5.75 Å². The van der Waals surface area contributed by atoms with Gasteiger partial charge in [-0.2, -0.15) is 4.52 Å². The third-order valence-electron chi connectivity index (χ3n) is 4.80. The number of nitrogens with zero attached hydrogens (tertiary/aromatic N) is 4. The fraction of sp³-hybridized carbons (Fsp3) is 0.389. The first kappa shape index (κ1) is 15.0. The van der Waals surface area contributed by atoms with Crippen LogP contribution in [0.15, 0.2) is 30.3 Å². The van der Waals surface area contributed by atoms with Crippen molar-refractivity contribution in [1.29, 1.82) is 0 Å². The van der Waals surface area contributed by atoms with Crippen molar-refractivity contribution < 1.29 is 4.74 Å². The normalized spacial score (nSPS) is 20.0. The van der Waals surface area contributed by atoms with E-state index < -0.39 is 0 Å². The Hall–Kier alpha value is -2.34. The Bertz CT molecular complexity index is 936. The molecule has 1 unspecified atom stereocenters. The molecular weight excluding hydrogens is 338 g/mol. The third kappa shape index (κ3) is 2.80. The van der Waals surface area contributed by atoms with Crippen molar-refractivity contribution >= 4 is 23.1 Å². The molecule has 7 heteroatoms. The quantitative estimate of drug-likeness (QED) is 0.769. The summed E-state index contributed by atoms with van der Waals surface area (Å²) in [7, 11) is 0. The van der Waals surface area contributed by atoms with Crippen LogP contribution in [-0.2, 0) is 0 Å². The summed E-state index contributed by atoms with van der Waals surface area (Å²) in [5.41, 5.74) is 1.92.